The van der Waals surface area contributed by atoms with Crippen LogP contribution in [0.2, 0.25) is 0 Å². The fourth-order valence-corrected chi connectivity index (χ4v) is 7.31. The number of carbonyl (C=O) groups excluding carboxylic acids is 1. The molecule has 148 valence electrons. The highest BCUT2D eigenvalue weighted by Crippen LogP contribution is 2.62. The van der Waals surface area contributed by atoms with Gasteiger partial charge in [0.2, 0.25) is 11.8 Å². The van der Waals surface area contributed by atoms with E-state index in [0.717, 1.165) is 57.8 Å². The number of aryl methyl sites for hydroxylation is 1. The van der Waals surface area contributed by atoms with Gasteiger partial charge in [-0.05, 0) is 68.6 Å². The summed E-state index contributed by atoms with van der Waals surface area (Å²) in [4.78, 5) is 17.7. The lowest BCUT2D eigenvalue weighted by Crippen LogP contribution is -2.57. The van der Waals surface area contributed by atoms with Gasteiger partial charge < -0.3 is 14.9 Å². The van der Waals surface area contributed by atoms with Gasteiger partial charge in [0, 0.05) is 13.3 Å². The van der Waals surface area contributed by atoms with E-state index in [-0.39, 0.29) is 11.3 Å². The van der Waals surface area contributed by atoms with Crippen LogP contribution in [-0.4, -0.2) is 26.8 Å². The molecular formula is C21H31N3O3. The second-order valence-corrected chi connectivity index (χ2v) is 10.2. The number of amides is 1. The van der Waals surface area contributed by atoms with Crippen LogP contribution >= 0.6 is 0 Å². The van der Waals surface area contributed by atoms with Gasteiger partial charge in [0.1, 0.15) is 5.54 Å². The van der Waals surface area contributed by atoms with Crippen molar-refractivity contribution in [3.05, 3.63) is 11.7 Å². The number of nitrogens with zero attached hydrogens (tertiary/aromatic N) is 2. The minimum absolute atomic E-state index is 0.00799. The quantitative estimate of drug-likeness (QED) is 0.845. The SMILES string of the molecule is Cc1nc(C2(NC(=O)CC34CC5CC(CC(O)(C5)C3)C4)CCCCC2)no1. The third-order valence-electron chi connectivity index (χ3n) is 7.73. The summed E-state index contributed by atoms with van der Waals surface area (Å²) >= 11 is 0. The van der Waals surface area contributed by atoms with Gasteiger partial charge >= 0.3 is 0 Å². The number of carbonyl (C=O) groups is 1. The molecule has 0 aliphatic heterocycles. The van der Waals surface area contributed by atoms with E-state index in [1.165, 1.54) is 12.8 Å². The van der Waals surface area contributed by atoms with Gasteiger partial charge in [0.05, 0.1) is 5.60 Å². The van der Waals surface area contributed by atoms with E-state index in [9.17, 15) is 9.90 Å². The van der Waals surface area contributed by atoms with Crippen LogP contribution in [0.4, 0.5) is 0 Å². The molecule has 2 unspecified atom stereocenters. The van der Waals surface area contributed by atoms with E-state index in [4.69, 9.17) is 4.52 Å². The fraction of sp³-hybridized carbons (Fsp3) is 0.857. The lowest BCUT2D eigenvalue weighted by molar-refractivity contribution is -0.169. The first-order valence-corrected chi connectivity index (χ1v) is 10.7. The number of rotatable bonds is 4. The third kappa shape index (κ3) is 3.10. The summed E-state index contributed by atoms with van der Waals surface area (Å²) in [5, 5.41) is 18.5. The molecule has 2 atom stereocenters. The molecule has 6 rings (SSSR count). The van der Waals surface area contributed by atoms with Crippen LogP contribution in [0, 0.1) is 24.2 Å². The van der Waals surface area contributed by atoms with E-state index in [1.54, 1.807) is 6.92 Å². The molecule has 5 fully saturated rings. The van der Waals surface area contributed by atoms with Crippen molar-refractivity contribution in [3.8, 4) is 0 Å². The molecule has 4 bridgehead atoms. The molecular weight excluding hydrogens is 342 g/mol. The van der Waals surface area contributed by atoms with Gasteiger partial charge in [-0.25, -0.2) is 0 Å². The molecule has 27 heavy (non-hydrogen) atoms. The summed E-state index contributed by atoms with van der Waals surface area (Å²) in [5.74, 6) is 2.50. The maximum Gasteiger partial charge on any atom is 0.223 e. The first-order chi connectivity index (χ1) is 12.9. The second kappa shape index (κ2) is 6.03. The Morgan fingerprint density at radius 3 is 2.48 bits per heavy atom. The second-order valence-electron chi connectivity index (χ2n) is 10.2. The van der Waals surface area contributed by atoms with Crippen molar-refractivity contribution in [1.82, 2.24) is 15.5 Å². The number of hydrogen-bond acceptors (Lipinski definition) is 5. The minimum atomic E-state index is -0.516. The smallest absolute Gasteiger partial charge is 0.223 e. The predicted octanol–water partition coefficient (Wildman–Crippen LogP) is 3.38. The van der Waals surface area contributed by atoms with Gasteiger partial charge in [-0.15, -0.1) is 0 Å². The van der Waals surface area contributed by atoms with Crippen LogP contribution in [0.15, 0.2) is 4.52 Å². The topological polar surface area (TPSA) is 88.2 Å². The molecule has 0 aromatic carbocycles. The van der Waals surface area contributed by atoms with Crippen molar-refractivity contribution in [2.24, 2.45) is 17.3 Å². The highest BCUT2D eigenvalue weighted by Gasteiger charge is 2.57. The van der Waals surface area contributed by atoms with Crippen molar-refractivity contribution < 1.29 is 14.4 Å². The van der Waals surface area contributed by atoms with Crippen molar-refractivity contribution in [1.29, 1.82) is 0 Å². The Bertz CT molecular complexity index is 723. The van der Waals surface area contributed by atoms with Gasteiger partial charge in [-0.2, -0.15) is 4.98 Å². The average Bonchev–Trinajstić information content (AvgIpc) is 3.00. The third-order valence-corrected chi connectivity index (χ3v) is 7.73. The minimum Gasteiger partial charge on any atom is -0.390 e. The zero-order valence-electron chi connectivity index (χ0n) is 16.3. The first kappa shape index (κ1) is 17.7. The number of hydrogen-bond donors (Lipinski definition) is 2. The van der Waals surface area contributed by atoms with Crippen molar-refractivity contribution >= 4 is 5.91 Å². The molecule has 0 saturated heterocycles. The Morgan fingerprint density at radius 1 is 1.19 bits per heavy atom. The lowest BCUT2D eigenvalue weighted by Gasteiger charge is -2.60. The molecule has 6 heteroatoms. The summed E-state index contributed by atoms with van der Waals surface area (Å²) < 4.78 is 5.23. The molecule has 1 aromatic heterocycles. The van der Waals surface area contributed by atoms with Crippen molar-refractivity contribution in [3.63, 3.8) is 0 Å². The summed E-state index contributed by atoms with van der Waals surface area (Å²) in [6.45, 7) is 1.80. The molecule has 0 radical (unpaired) electrons. The molecule has 5 aliphatic rings. The zero-order chi connectivity index (χ0) is 18.7. The summed E-state index contributed by atoms with van der Waals surface area (Å²) in [5.41, 5.74) is -1.00. The van der Waals surface area contributed by atoms with Crippen LogP contribution in [0.1, 0.15) is 88.8 Å². The highest BCUT2D eigenvalue weighted by molar-refractivity contribution is 5.77. The number of nitrogens with one attached hydrogen (secondary N) is 1. The van der Waals surface area contributed by atoms with Crippen molar-refractivity contribution in [2.45, 2.75) is 95.1 Å². The van der Waals surface area contributed by atoms with Crippen molar-refractivity contribution in [2.75, 3.05) is 0 Å². The van der Waals surface area contributed by atoms with Crippen LogP contribution < -0.4 is 5.32 Å². The van der Waals surface area contributed by atoms with E-state index in [0.29, 0.717) is 30.0 Å². The molecule has 1 heterocycles. The average molecular weight is 373 g/mol. The van der Waals surface area contributed by atoms with E-state index in [1.807, 2.05) is 0 Å². The molecule has 5 aliphatic carbocycles. The predicted molar refractivity (Wildman–Crippen MR) is 98.6 cm³/mol. The number of aromatic nitrogens is 2. The largest absolute Gasteiger partial charge is 0.390 e. The Morgan fingerprint density at radius 2 is 1.89 bits per heavy atom. The molecule has 1 aromatic rings. The maximum atomic E-state index is 13.2. The van der Waals surface area contributed by atoms with Crippen LogP contribution in [0.3, 0.4) is 0 Å². The van der Waals surface area contributed by atoms with Crippen LogP contribution in [0.25, 0.3) is 0 Å². The first-order valence-electron chi connectivity index (χ1n) is 10.7. The molecule has 6 nitrogen and oxygen atoms in total. The Hall–Kier alpha value is -1.43. The van der Waals surface area contributed by atoms with E-state index < -0.39 is 11.1 Å². The monoisotopic (exact) mass is 373 g/mol. The van der Waals surface area contributed by atoms with Gasteiger partial charge in [-0.1, -0.05) is 24.4 Å². The normalized spacial score (nSPS) is 39.5. The molecule has 1 amide bonds. The Balaban J connectivity index is 1.35. The zero-order valence-corrected chi connectivity index (χ0v) is 16.3. The summed E-state index contributed by atoms with van der Waals surface area (Å²) in [6.07, 6.45) is 11.8. The molecule has 2 N–H and O–H groups in total. The standard InChI is InChI=1S/C21H31N3O3/c1-14-22-18(24-27-14)21(5-3-2-4-6-21)23-17(25)12-19-8-15-7-16(9-19)11-20(26,10-15)13-19/h15-16,26H,2-13H2,1H3,(H,23,25). The maximum absolute atomic E-state index is 13.2. The van der Waals surface area contributed by atoms with E-state index >= 15 is 0 Å². The molecule has 5 saturated carbocycles. The lowest BCUT2D eigenvalue weighted by atomic mass is 9.47. The van der Waals surface area contributed by atoms with Gasteiger partial charge in [0.15, 0.2) is 5.82 Å². The molecule has 0 spiro atoms. The summed E-state index contributed by atoms with van der Waals surface area (Å²) in [6, 6.07) is 0. The van der Waals surface area contributed by atoms with Crippen LogP contribution in [0.5, 0.6) is 0 Å². The van der Waals surface area contributed by atoms with E-state index in [2.05, 4.69) is 15.5 Å². The Labute approximate surface area is 160 Å². The Kier molecular flexibility index (Phi) is 3.94. The number of aliphatic hydroxyl groups is 1. The van der Waals surface area contributed by atoms with Gasteiger partial charge in [0.25, 0.3) is 0 Å². The highest BCUT2D eigenvalue weighted by atomic mass is 16.5. The fourth-order valence-electron chi connectivity index (χ4n) is 7.31. The van der Waals surface area contributed by atoms with Crippen LogP contribution in [-0.2, 0) is 10.3 Å². The van der Waals surface area contributed by atoms with Gasteiger partial charge in [-0.3, -0.25) is 4.79 Å². The summed E-state index contributed by atoms with van der Waals surface area (Å²) in [7, 11) is 0.